The molecular weight excluding hydrogens is 369 g/mol. The lowest BCUT2D eigenvalue weighted by atomic mass is 10.2. The van der Waals surface area contributed by atoms with Crippen molar-refractivity contribution in [3.8, 4) is 0 Å². The number of amides is 1. The number of furan rings is 1. The Morgan fingerprint density at radius 3 is 2.79 bits per heavy atom. The van der Waals surface area contributed by atoms with Gasteiger partial charge in [0.05, 0.1) is 23.4 Å². The second kappa shape index (κ2) is 7.40. The van der Waals surface area contributed by atoms with E-state index in [0.717, 1.165) is 9.75 Å². The summed E-state index contributed by atoms with van der Waals surface area (Å²) in [5, 5.41) is 13.8. The minimum Gasteiger partial charge on any atom is -0.466 e. The monoisotopic (exact) mass is 381 g/mol. The molecule has 0 saturated carbocycles. The van der Waals surface area contributed by atoms with Crippen LogP contribution in [0.25, 0.3) is 0 Å². The van der Waals surface area contributed by atoms with Gasteiger partial charge in [0.25, 0.3) is 5.91 Å². The lowest BCUT2D eigenvalue weighted by molar-refractivity contribution is 0.0951. The van der Waals surface area contributed by atoms with Crippen LogP contribution in [-0.2, 0) is 6.54 Å². The summed E-state index contributed by atoms with van der Waals surface area (Å²) in [6, 6.07) is 11.8. The first-order valence-electron chi connectivity index (χ1n) is 7.08. The fourth-order valence-corrected chi connectivity index (χ4v) is 3.60. The fourth-order valence-electron chi connectivity index (χ4n) is 2.16. The number of nitrogens with one attached hydrogen (secondary N) is 1. The van der Waals surface area contributed by atoms with Crippen molar-refractivity contribution in [2.45, 2.75) is 12.6 Å². The third-order valence-electron chi connectivity index (χ3n) is 3.36. The Morgan fingerprint density at radius 1 is 1.25 bits per heavy atom. The van der Waals surface area contributed by atoms with E-state index in [9.17, 15) is 9.90 Å². The van der Waals surface area contributed by atoms with Crippen LogP contribution in [0.5, 0.6) is 0 Å². The van der Waals surface area contributed by atoms with Gasteiger partial charge in [-0.2, -0.15) is 0 Å². The van der Waals surface area contributed by atoms with E-state index in [-0.39, 0.29) is 5.91 Å². The molecule has 0 aliphatic carbocycles. The van der Waals surface area contributed by atoms with Gasteiger partial charge in [0.15, 0.2) is 0 Å². The van der Waals surface area contributed by atoms with Crippen LogP contribution >= 0.6 is 34.5 Å². The van der Waals surface area contributed by atoms with E-state index in [1.165, 1.54) is 23.7 Å². The fraction of sp³-hybridized carbons (Fsp3) is 0.118. The molecule has 0 aliphatic rings. The number of carbonyl (C=O) groups excluding carboxylic acids is 1. The highest BCUT2D eigenvalue weighted by molar-refractivity contribution is 7.12. The van der Waals surface area contributed by atoms with Gasteiger partial charge in [-0.25, -0.2) is 0 Å². The predicted octanol–water partition coefficient (Wildman–Crippen LogP) is 4.66. The molecule has 4 nitrogen and oxygen atoms in total. The highest BCUT2D eigenvalue weighted by Gasteiger charge is 2.16. The van der Waals surface area contributed by atoms with Crippen molar-refractivity contribution in [1.82, 2.24) is 5.32 Å². The molecular formula is C17H13Cl2NO3S. The number of aliphatic hydroxyl groups excluding tert-OH is 1. The first kappa shape index (κ1) is 17.0. The van der Waals surface area contributed by atoms with Crippen LogP contribution in [-0.4, -0.2) is 11.0 Å². The molecule has 0 spiro atoms. The normalized spacial score (nSPS) is 12.1. The van der Waals surface area contributed by atoms with Gasteiger partial charge < -0.3 is 14.8 Å². The smallest absolute Gasteiger partial charge is 0.253 e. The maximum Gasteiger partial charge on any atom is 0.253 e. The SMILES string of the molecule is O=C(NCc1ccc(C(O)c2ccco2)s1)c1ccc(Cl)cc1Cl. The molecule has 2 aromatic heterocycles. The molecule has 7 heteroatoms. The molecule has 0 aliphatic heterocycles. The quantitative estimate of drug-likeness (QED) is 0.675. The molecule has 1 amide bonds. The van der Waals surface area contributed by atoms with E-state index in [1.807, 2.05) is 12.1 Å². The average Bonchev–Trinajstić information content (AvgIpc) is 3.24. The van der Waals surface area contributed by atoms with Gasteiger partial charge in [-0.3, -0.25) is 4.79 Å². The molecule has 1 unspecified atom stereocenters. The first-order chi connectivity index (χ1) is 11.5. The van der Waals surface area contributed by atoms with Gasteiger partial charge in [-0.15, -0.1) is 11.3 Å². The van der Waals surface area contributed by atoms with Crippen molar-refractivity contribution in [3.05, 3.63) is 79.9 Å². The summed E-state index contributed by atoms with van der Waals surface area (Å²) in [5.74, 6) is 0.207. The Balaban J connectivity index is 1.64. The number of carbonyl (C=O) groups is 1. The van der Waals surface area contributed by atoms with Crippen molar-refractivity contribution in [2.24, 2.45) is 0 Å². The van der Waals surface area contributed by atoms with Crippen molar-refractivity contribution in [2.75, 3.05) is 0 Å². The lowest BCUT2D eigenvalue weighted by Gasteiger charge is -2.06. The summed E-state index contributed by atoms with van der Waals surface area (Å²) in [7, 11) is 0. The van der Waals surface area contributed by atoms with Gasteiger partial charge in [-0.1, -0.05) is 23.2 Å². The number of halogens is 2. The van der Waals surface area contributed by atoms with E-state index >= 15 is 0 Å². The van der Waals surface area contributed by atoms with Crippen LogP contribution < -0.4 is 5.32 Å². The second-order valence-electron chi connectivity index (χ2n) is 5.03. The topological polar surface area (TPSA) is 62.5 Å². The Morgan fingerprint density at radius 2 is 2.08 bits per heavy atom. The molecule has 0 bridgehead atoms. The van der Waals surface area contributed by atoms with E-state index < -0.39 is 6.10 Å². The van der Waals surface area contributed by atoms with E-state index in [4.69, 9.17) is 27.6 Å². The maximum absolute atomic E-state index is 12.2. The Bertz CT molecular complexity index is 845. The number of benzene rings is 1. The first-order valence-corrected chi connectivity index (χ1v) is 8.65. The Kier molecular flexibility index (Phi) is 5.26. The highest BCUT2D eigenvalue weighted by atomic mass is 35.5. The zero-order valence-electron chi connectivity index (χ0n) is 12.3. The number of hydrogen-bond acceptors (Lipinski definition) is 4. The summed E-state index contributed by atoms with van der Waals surface area (Å²) in [5.41, 5.74) is 0.369. The van der Waals surface area contributed by atoms with E-state index in [0.29, 0.717) is 27.9 Å². The molecule has 1 atom stereocenters. The van der Waals surface area contributed by atoms with Crippen LogP contribution in [0.4, 0.5) is 0 Å². The van der Waals surface area contributed by atoms with E-state index in [2.05, 4.69) is 5.32 Å². The standard InChI is InChI=1S/C17H13Cl2NO3S/c18-10-3-5-12(13(19)8-10)17(22)20-9-11-4-6-15(24-11)16(21)14-2-1-7-23-14/h1-8,16,21H,9H2,(H,20,22). The van der Waals surface area contributed by atoms with E-state index in [1.54, 1.807) is 24.3 Å². The summed E-state index contributed by atoms with van der Waals surface area (Å²) in [6.07, 6.45) is 0.712. The number of rotatable bonds is 5. The van der Waals surface area contributed by atoms with Gasteiger partial charge in [0.2, 0.25) is 0 Å². The van der Waals surface area contributed by atoms with Crippen LogP contribution in [0, 0.1) is 0 Å². The molecule has 24 heavy (non-hydrogen) atoms. The van der Waals surface area contributed by atoms with Gasteiger partial charge in [-0.05, 0) is 42.5 Å². The summed E-state index contributed by atoms with van der Waals surface area (Å²) >= 11 is 13.3. The molecule has 0 fully saturated rings. The minimum absolute atomic E-state index is 0.279. The highest BCUT2D eigenvalue weighted by Crippen LogP contribution is 2.29. The number of thiophene rings is 1. The van der Waals surface area contributed by atoms with Gasteiger partial charge >= 0.3 is 0 Å². The maximum atomic E-state index is 12.2. The third kappa shape index (κ3) is 3.82. The van der Waals surface area contributed by atoms with Gasteiger partial charge in [0, 0.05) is 14.8 Å². The van der Waals surface area contributed by atoms with Gasteiger partial charge in [0.1, 0.15) is 11.9 Å². The van der Waals surface area contributed by atoms with Crippen LogP contribution in [0.1, 0.15) is 32.0 Å². The Labute approximate surface area is 152 Å². The largest absolute Gasteiger partial charge is 0.466 e. The molecule has 3 rings (SSSR count). The third-order valence-corrected chi connectivity index (χ3v) is 5.05. The molecule has 3 aromatic rings. The average molecular weight is 382 g/mol. The molecule has 2 heterocycles. The molecule has 124 valence electrons. The van der Waals surface area contributed by atoms with Crippen molar-refractivity contribution in [1.29, 1.82) is 0 Å². The van der Waals surface area contributed by atoms with Crippen molar-refractivity contribution in [3.63, 3.8) is 0 Å². The summed E-state index contributed by atoms with van der Waals surface area (Å²) < 4.78 is 5.20. The van der Waals surface area contributed by atoms with Crippen molar-refractivity contribution < 1.29 is 14.3 Å². The number of hydrogen-bond donors (Lipinski definition) is 2. The zero-order valence-corrected chi connectivity index (χ0v) is 14.7. The molecule has 1 aromatic carbocycles. The lowest BCUT2D eigenvalue weighted by Crippen LogP contribution is -2.22. The predicted molar refractivity (Wildman–Crippen MR) is 94.7 cm³/mol. The summed E-state index contributed by atoms with van der Waals surface area (Å²) in [6.45, 7) is 0.341. The van der Waals surface area contributed by atoms with Crippen LogP contribution in [0.2, 0.25) is 10.0 Å². The summed E-state index contributed by atoms with van der Waals surface area (Å²) in [4.78, 5) is 13.8. The van der Waals surface area contributed by atoms with Crippen molar-refractivity contribution >= 4 is 40.4 Å². The van der Waals surface area contributed by atoms with Crippen LogP contribution in [0.15, 0.2) is 53.1 Å². The second-order valence-corrected chi connectivity index (χ2v) is 7.07. The minimum atomic E-state index is -0.805. The molecule has 0 saturated heterocycles. The molecule has 2 N–H and O–H groups in total. The van der Waals surface area contributed by atoms with Crippen LogP contribution in [0.3, 0.4) is 0 Å². The zero-order chi connectivity index (χ0) is 17.1. The molecule has 0 radical (unpaired) electrons. The number of aliphatic hydroxyl groups is 1. The Hall–Kier alpha value is -1.79.